The molecule has 0 atom stereocenters. The number of aliphatic hydroxyl groups is 1. The van der Waals surface area contributed by atoms with Crippen LogP contribution in [0.2, 0.25) is 0 Å². The summed E-state index contributed by atoms with van der Waals surface area (Å²) in [5.74, 6) is -0.550. The normalized spacial score (nSPS) is 17.3. The highest BCUT2D eigenvalue weighted by Crippen LogP contribution is 2.29. The Kier molecular flexibility index (Phi) is 4.39. The third kappa shape index (κ3) is 4.22. The minimum atomic E-state index is -4.47. The van der Waals surface area contributed by atoms with Crippen molar-refractivity contribution in [2.75, 3.05) is 19.7 Å². The van der Waals surface area contributed by atoms with Gasteiger partial charge in [0.05, 0.1) is 24.3 Å². The summed E-state index contributed by atoms with van der Waals surface area (Å²) in [7, 11) is 0. The molecule has 0 bridgehead atoms. The number of alkyl halides is 3. The topological polar surface area (TPSA) is 49.8 Å². The maximum Gasteiger partial charge on any atom is 0.422 e. The van der Waals surface area contributed by atoms with Gasteiger partial charge in [0.1, 0.15) is 5.75 Å². The molecule has 21 heavy (non-hydrogen) atoms. The lowest BCUT2D eigenvalue weighted by atomic mass is 9.96. The molecule has 4 nitrogen and oxygen atoms in total. The number of carbonyl (C=O) groups is 1. The van der Waals surface area contributed by atoms with Gasteiger partial charge in [-0.05, 0) is 47.7 Å². The van der Waals surface area contributed by atoms with E-state index in [9.17, 15) is 23.1 Å². The Hall–Kier alpha value is -1.03. The summed E-state index contributed by atoms with van der Waals surface area (Å²) >= 11 is 1.93. The second kappa shape index (κ2) is 5.64. The van der Waals surface area contributed by atoms with Crippen molar-refractivity contribution in [1.82, 2.24) is 4.90 Å². The minimum absolute atomic E-state index is 0.0650. The molecule has 0 aromatic heterocycles. The molecule has 1 heterocycles. The minimum Gasteiger partial charge on any atom is -0.483 e. The number of rotatable bonds is 3. The van der Waals surface area contributed by atoms with E-state index in [2.05, 4.69) is 0 Å². The van der Waals surface area contributed by atoms with Crippen LogP contribution in [0.1, 0.15) is 17.3 Å². The molecule has 0 unspecified atom stereocenters. The molecule has 1 aromatic carbocycles. The third-order valence-corrected chi connectivity index (χ3v) is 3.59. The quantitative estimate of drug-likeness (QED) is 0.772. The lowest BCUT2D eigenvalue weighted by molar-refractivity contribution is -0.153. The van der Waals surface area contributed by atoms with E-state index in [0.717, 1.165) is 0 Å². The average molecular weight is 415 g/mol. The average Bonchev–Trinajstić information content (AvgIpc) is 2.32. The van der Waals surface area contributed by atoms with Crippen LogP contribution in [0.25, 0.3) is 0 Å². The molecule has 1 aromatic rings. The number of benzene rings is 1. The zero-order valence-electron chi connectivity index (χ0n) is 11.1. The first-order valence-corrected chi connectivity index (χ1v) is 7.16. The number of halogens is 4. The molecule has 1 aliphatic rings. The van der Waals surface area contributed by atoms with E-state index >= 15 is 0 Å². The van der Waals surface area contributed by atoms with Gasteiger partial charge in [-0.1, -0.05) is 0 Å². The smallest absolute Gasteiger partial charge is 0.422 e. The van der Waals surface area contributed by atoms with Crippen LogP contribution in [-0.4, -0.2) is 47.4 Å². The summed E-state index contributed by atoms with van der Waals surface area (Å²) in [6.07, 6.45) is -4.47. The van der Waals surface area contributed by atoms with Gasteiger partial charge in [-0.3, -0.25) is 4.79 Å². The first kappa shape index (κ1) is 16.3. The van der Waals surface area contributed by atoms with Gasteiger partial charge in [-0.25, -0.2) is 0 Å². The Morgan fingerprint density at radius 1 is 1.48 bits per heavy atom. The van der Waals surface area contributed by atoms with E-state index in [-0.39, 0.29) is 24.4 Å². The first-order chi connectivity index (χ1) is 9.57. The van der Waals surface area contributed by atoms with Crippen molar-refractivity contribution in [3.8, 4) is 5.75 Å². The molecule has 1 aliphatic heterocycles. The molecule has 0 spiro atoms. The Morgan fingerprint density at radius 3 is 2.62 bits per heavy atom. The van der Waals surface area contributed by atoms with Gasteiger partial charge in [0.2, 0.25) is 0 Å². The largest absolute Gasteiger partial charge is 0.483 e. The summed E-state index contributed by atoms with van der Waals surface area (Å²) in [6.45, 7) is 0.434. The molecular weight excluding hydrogens is 402 g/mol. The van der Waals surface area contributed by atoms with Crippen LogP contribution < -0.4 is 4.74 Å². The Balaban J connectivity index is 2.17. The van der Waals surface area contributed by atoms with Crippen molar-refractivity contribution in [3.63, 3.8) is 0 Å². The molecule has 1 amide bonds. The van der Waals surface area contributed by atoms with Gasteiger partial charge >= 0.3 is 6.18 Å². The summed E-state index contributed by atoms with van der Waals surface area (Å²) in [5.41, 5.74) is -0.874. The van der Waals surface area contributed by atoms with Crippen LogP contribution in [0.15, 0.2) is 18.2 Å². The van der Waals surface area contributed by atoms with Crippen molar-refractivity contribution in [2.24, 2.45) is 0 Å². The highest BCUT2D eigenvalue weighted by Gasteiger charge is 2.40. The zero-order chi connectivity index (χ0) is 15.8. The van der Waals surface area contributed by atoms with E-state index < -0.39 is 24.3 Å². The molecule has 1 fully saturated rings. The van der Waals surface area contributed by atoms with E-state index in [1.807, 2.05) is 22.6 Å². The van der Waals surface area contributed by atoms with Crippen LogP contribution in [0.5, 0.6) is 5.75 Å². The number of ether oxygens (including phenoxy) is 1. The van der Waals surface area contributed by atoms with E-state index in [4.69, 9.17) is 4.74 Å². The molecule has 1 N–H and O–H groups in total. The monoisotopic (exact) mass is 415 g/mol. The van der Waals surface area contributed by atoms with Gasteiger partial charge in [-0.2, -0.15) is 13.2 Å². The predicted octanol–water partition coefficient (Wildman–Crippen LogP) is 2.44. The van der Waals surface area contributed by atoms with Crippen molar-refractivity contribution >= 4 is 28.5 Å². The van der Waals surface area contributed by atoms with E-state index in [1.54, 1.807) is 13.0 Å². The third-order valence-electron chi connectivity index (χ3n) is 2.92. The van der Waals surface area contributed by atoms with Crippen molar-refractivity contribution in [1.29, 1.82) is 0 Å². The molecule has 8 heteroatoms. The molecule has 116 valence electrons. The fraction of sp³-hybridized carbons (Fsp3) is 0.462. The Bertz CT molecular complexity index is 552. The van der Waals surface area contributed by atoms with Gasteiger partial charge in [0.15, 0.2) is 6.61 Å². The SMILES string of the molecule is CC1(O)CN(C(=O)c2ccc(I)cc2OCC(F)(F)F)C1. The molecule has 0 saturated carbocycles. The summed E-state index contributed by atoms with van der Waals surface area (Å²) < 4.78 is 42.2. The van der Waals surface area contributed by atoms with Crippen molar-refractivity contribution in [2.45, 2.75) is 18.7 Å². The van der Waals surface area contributed by atoms with Crippen molar-refractivity contribution in [3.05, 3.63) is 27.3 Å². The number of amides is 1. The number of nitrogens with zero attached hydrogens (tertiary/aromatic N) is 1. The van der Waals surface area contributed by atoms with E-state index in [0.29, 0.717) is 3.57 Å². The number of likely N-dealkylation sites (tertiary alicyclic amines) is 1. The number of hydrogen-bond donors (Lipinski definition) is 1. The molecule has 0 radical (unpaired) electrons. The van der Waals surface area contributed by atoms with Gasteiger partial charge in [-0.15, -0.1) is 0 Å². The van der Waals surface area contributed by atoms with E-state index in [1.165, 1.54) is 17.0 Å². The van der Waals surface area contributed by atoms with Gasteiger partial charge < -0.3 is 14.7 Å². The lowest BCUT2D eigenvalue weighted by Crippen LogP contribution is -2.61. The molecule has 2 rings (SSSR count). The summed E-state index contributed by atoms with van der Waals surface area (Å²) in [4.78, 5) is 13.6. The van der Waals surface area contributed by atoms with Gasteiger partial charge in [0.25, 0.3) is 5.91 Å². The van der Waals surface area contributed by atoms with Crippen LogP contribution in [0.4, 0.5) is 13.2 Å². The standard InChI is InChI=1S/C13H13F3INO3/c1-12(20)5-18(6-12)11(19)9-3-2-8(17)4-10(9)21-7-13(14,15)16/h2-4,20H,5-7H2,1H3. The predicted molar refractivity (Wildman–Crippen MR) is 77.2 cm³/mol. The number of hydrogen-bond acceptors (Lipinski definition) is 3. The number of β-amino-alcohol motifs (C(OH)–C–C–N with tert-alkyl or cyclic N) is 1. The highest BCUT2D eigenvalue weighted by molar-refractivity contribution is 14.1. The molecule has 0 aliphatic carbocycles. The number of carbonyl (C=O) groups excluding carboxylic acids is 1. The van der Waals surface area contributed by atoms with Crippen molar-refractivity contribution < 1.29 is 27.8 Å². The lowest BCUT2D eigenvalue weighted by Gasteiger charge is -2.44. The highest BCUT2D eigenvalue weighted by atomic mass is 127. The second-order valence-electron chi connectivity index (χ2n) is 5.20. The fourth-order valence-corrected chi connectivity index (χ4v) is 2.50. The second-order valence-corrected chi connectivity index (χ2v) is 6.45. The van der Waals surface area contributed by atoms with Crippen LogP contribution in [0, 0.1) is 3.57 Å². The Morgan fingerprint density at radius 2 is 2.10 bits per heavy atom. The summed E-state index contributed by atoms with van der Waals surface area (Å²) in [6, 6.07) is 4.44. The maximum atomic E-state index is 12.3. The summed E-state index contributed by atoms with van der Waals surface area (Å²) in [5, 5.41) is 9.63. The van der Waals surface area contributed by atoms with Gasteiger partial charge in [0, 0.05) is 3.57 Å². The zero-order valence-corrected chi connectivity index (χ0v) is 13.2. The van der Waals surface area contributed by atoms with Crippen LogP contribution in [-0.2, 0) is 0 Å². The Labute approximate surface area is 133 Å². The fourth-order valence-electron chi connectivity index (χ4n) is 2.04. The first-order valence-electron chi connectivity index (χ1n) is 6.08. The molecular formula is C13H13F3INO3. The maximum absolute atomic E-state index is 12.3. The molecule has 1 saturated heterocycles. The van der Waals surface area contributed by atoms with Crippen LogP contribution >= 0.6 is 22.6 Å². The van der Waals surface area contributed by atoms with Crippen LogP contribution in [0.3, 0.4) is 0 Å².